The van der Waals surface area contributed by atoms with Gasteiger partial charge in [-0.2, -0.15) is 0 Å². The Balaban J connectivity index is 1.96. The van der Waals surface area contributed by atoms with E-state index in [9.17, 15) is 4.79 Å². The molecule has 1 amide bonds. The number of hydrogen-bond donors (Lipinski definition) is 3. The summed E-state index contributed by atoms with van der Waals surface area (Å²) >= 11 is 0. The molecule has 1 aromatic rings. The molecule has 0 saturated carbocycles. The number of carbonyl (C=O) groups is 1. The maximum absolute atomic E-state index is 11.0. The number of carbonyl (C=O) groups excluding carboxylic acids is 1. The van der Waals surface area contributed by atoms with E-state index in [1.165, 1.54) is 0 Å². The molecule has 0 aliphatic carbocycles. The number of hydrazine groups is 1. The minimum absolute atomic E-state index is 0.0412. The Morgan fingerprint density at radius 2 is 2.14 bits per heavy atom. The highest BCUT2D eigenvalue weighted by atomic mass is 16.1. The van der Waals surface area contributed by atoms with Crippen LogP contribution in [-0.4, -0.2) is 35.5 Å². The number of aryl methyl sites for hydroxylation is 1. The molecule has 1 aliphatic heterocycles. The van der Waals surface area contributed by atoms with Gasteiger partial charge in [0.2, 0.25) is 5.91 Å². The van der Waals surface area contributed by atoms with Crippen LogP contribution < -0.4 is 21.5 Å². The molecule has 116 valence electrons. The van der Waals surface area contributed by atoms with Gasteiger partial charge in [0.25, 0.3) is 0 Å². The van der Waals surface area contributed by atoms with E-state index >= 15 is 0 Å². The Morgan fingerprint density at radius 1 is 1.43 bits per heavy atom. The monoisotopic (exact) mass is 292 g/mol. The number of anilines is 2. The van der Waals surface area contributed by atoms with Crippen LogP contribution in [0.15, 0.2) is 6.07 Å². The van der Waals surface area contributed by atoms with Crippen LogP contribution in [0.1, 0.15) is 32.5 Å². The molecule has 0 atom stereocenters. The third-order valence-corrected chi connectivity index (χ3v) is 3.80. The first-order valence-corrected chi connectivity index (χ1v) is 7.46. The maximum Gasteiger partial charge on any atom is 0.216 e. The number of rotatable bonds is 5. The highest BCUT2D eigenvalue weighted by Crippen LogP contribution is 2.23. The third kappa shape index (κ3) is 4.29. The Hall–Kier alpha value is -1.89. The van der Waals surface area contributed by atoms with Gasteiger partial charge in [0.1, 0.15) is 17.5 Å². The summed E-state index contributed by atoms with van der Waals surface area (Å²) in [5, 5.41) is 2.90. The lowest BCUT2D eigenvalue weighted by Crippen LogP contribution is -2.38. The van der Waals surface area contributed by atoms with Gasteiger partial charge in [0, 0.05) is 39.0 Å². The molecule has 4 N–H and O–H groups in total. The maximum atomic E-state index is 11.0. The van der Waals surface area contributed by atoms with Crippen LogP contribution in [0.5, 0.6) is 0 Å². The molecule has 1 aromatic heterocycles. The largest absolute Gasteiger partial charge is 0.356 e. The van der Waals surface area contributed by atoms with Crippen molar-refractivity contribution in [1.82, 2.24) is 15.3 Å². The first kappa shape index (κ1) is 15.5. The van der Waals surface area contributed by atoms with Crippen LogP contribution in [0, 0.1) is 5.92 Å². The van der Waals surface area contributed by atoms with Crippen molar-refractivity contribution in [3.63, 3.8) is 0 Å². The summed E-state index contributed by atoms with van der Waals surface area (Å²) in [7, 11) is 0. The number of aromatic nitrogens is 2. The fourth-order valence-corrected chi connectivity index (χ4v) is 2.53. The van der Waals surface area contributed by atoms with Crippen molar-refractivity contribution in [2.45, 2.75) is 33.1 Å². The lowest BCUT2D eigenvalue weighted by Gasteiger charge is -2.33. The molecule has 0 bridgehead atoms. The molecule has 0 unspecified atom stereocenters. The van der Waals surface area contributed by atoms with Crippen LogP contribution >= 0.6 is 0 Å². The van der Waals surface area contributed by atoms with E-state index in [2.05, 4.69) is 25.6 Å². The fraction of sp³-hybridized carbons (Fsp3) is 0.643. The van der Waals surface area contributed by atoms with Gasteiger partial charge in [-0.3, -0.25) is 4.79 Å². The third-order valence-electron chi connectivity index (χ3n) is 3.80. The van der Waals surface area contributed by atoms with E-state index in [-0.39, 0.29) is 5.91 Å². The summed E-state index contributed by atoms with van der Waals surface area (Å²) < 4.78 is 0. The van der Waals surface area contributed by atoms with Crippen molar-refractivity contribution in [3.8, 4) is 0 Å². The van der Waals surface area contributed by atoms with Crippen LogP contribution in [-0.2, 0) is 11.2 Å². The summed E-state index contributed by atoms with van der Waals surface area (Å²) in [4.78, 5) is 22.1. The summed E-state index contributed by atoms with van der Waals surface area (Å²) in [6, 6.07) is 1.88. The number of piperidine rings is 1. The Kier molecular flexibility index (Phi) is 5.32. The first-order valence-electron chi connectivity index (χ1n) is 7.46. The molecule has 2 rings (SSSR count). The van der Waals surface area contributed by atoms with Gasteiger partial charge in [-0.05, 0) is 18.8 Å². The van der Waals surface area contributed by atoms with Gasteiger partial charge in [-0.15, -0.1) is 0 Å². The van der Waals surface area contributed by atoms with Gasteiger partial charge in [-0.1, -0.05) is 6.92 Å². The SMILES string of the molecule is CCc1nc(NN)cc(N2CCC(CNC(C)=O)CC2)n1. The van der Waals surface area contributed by atoms with E-state index in [1.54, 1.807) is 6.92 Å². The zero-order valence-corrected chi connectivity index (χ0v) is 12.7. The molecule has 7 nitrogen and oxygen atoms in total. The van der Waals surface area contributed by atoms with Gasteiger partial charge in [0.15, 0.2) is 0 Å². The normalized spacial score (nSPS) is 15.9. The van der Waals surface area contributed by atoms with Crippen molar-refractivity contribution in [2.75, 3.05) is 30.0 Å². The molecule has 7 heteroatoms. The molecule has 2 heterocycles. The van der Waals surface area contributed by atoms with Crippen LogP contribution in [0.4, 0.5) is 11.6 Å². The van der Waals surface area contributed by atoms with Crippen LogP contribution in [0.25, 0.3) is 0 Å². The smallest absolute Gasteiger partial charge is 0.216 e. The van der Waals surface area contributed by atoms with E-state index in [4.69, 9.17) is 5.84 Å². The average molecular weight is 292 g/mol. The highest BCUT2D eigenvalue weighted by Gasteiger charge is 2.21. The van der Waals surface area contributed by atoms with E-state index in [0.717, 1.165) is 50.5 Å². The van der Waals surface area contributed by atoms with E-state index in [1.807, 2.05) is 13.0 Å². The Morgan fingerprint density at radius 3 is 2.71 bits per heavy atom. The summed E-state index contributed by atoms with van der Waals surface area (Å²) in [6.45, 7) is 6.23. The van der Waals surface area contributed by atoms with Gasteiger partial charge in [0.05, 0.1) is 0 Å². The average Bonchev–Trinajstić information content (AvgIpc) is 2.52. The van der Waals surface area contributed by atoms with Crippen LogP contribution in [0.3, 0.4) is 0 Å². The zero-order valence-electron chi connectivity index (χ0n) is 12.7. The lowest BCUT2D eigenvalue weighted by atomic mass is 9.97. The summed E-state index contributed by atoms with van der Waals surface area (Å²) in [5.41, 5.74) is 2.60. The van der Waals surface area contributed by atoms with Gasteiger partial charge < -0.3 is 15.6 Å². The van der Waals surface area contributed by atoms with Crippen molar-refractivity contribution in [1.29, 1.82) is 0 Å². The number of hydrogen-bond acceptors (Lipinski definition) is 6. The quantitative estimate of drug-likeness (QED) is 0.545. The standard InChI is InChI=1S/C14H24N6O/c1-3-12-17-13(19-15)8-14(18-12)20-6-4-11(5-7-20)9-16-10(2)21/h8,11H,3-7,9,15H2,1-2H3,(H,16,21)(H,17,18,19). The summed E-state index contributed by atoms with van der Waals surface area (Å²) in [5.74, 6) is 8.42. The van der Waals surface area contributed by atoms with Crippen molar-refractivity contribution >= 4 is 17.5 Å². The second kappa shape index (κ2) is 7.21. The van der Waals surface area contributed by atoms with Crippen molar-refractivity contribution in [2.24, 2.45) is 11.8 Å². The number of nitrogen functional groups attached to an aromatic ring is 1. The molecule has 1 saturated heterocycles. The highest BCUT2D eigenvalue weighted by molar-refractivity contribution is 5.72. The molecular formula is C14H24N6O. The van der Waals surface area contributed by atoms with Gasteiger partial charge >= 0.3 is 0 Å². The number of amides is 1. The molecular weight excluding hydrogens is 268 g/mol. The molecule has 0 radical (unpaired) electrons. The fourth-order valence-electron chi connectivity index (χ4n) is 2.53. The predicted octanol–water partition coefficient (Wildman–Crippen LogP) is 0.677. The molecule has 21 heavy (non-hydrogen) atoms. The minimum atomic E-state index is 0.0412. The predicted molar refractivity (Wildman–Crippen MR) is 82.8 cm³/mol. The Bertz CT molecular complexity index is 462. The zero-order chi connectivity index (χ0) is 15.2. The second-order valence-electron chi connectivity index (χ2n) is 5.39. The number of nitrogens with one attached hydrogen (secondary N) is 2. The molecule has 0 spiro atoms. The Labute approximate surface area is 125 Å². The topological polar surface area (TPSA) is 96.2 Å². The molecule has 0 aromatic carbocycles. The molecule has 1 fully saturated rings. The summed E-state index contributed by atoms with van der Waals surface area (Å²) in [6.07, 6.45) is 2.88. The van der Waals surface area contributed by atoms with E-state index in [0.29, 0.717) is 11.7 Å². The molecule has 1 aliphatic rings. The minimum Gasteiger partial charge on any atom is -0.356 e. The first-order chi connectivity index (χ1) is 10.1. The van der Waals surface area contributed by atoms with Crippen molar-refractivity contribution < 1.29 is 4.79 Å². The number of nitrogens with zero attached hydrogens (tertiary/aromatic N) is 3. The van der Waals surface area contributed by atoms with Crippen molar-refractivity contribution in [3.05, 3.63) is 11.9 Å². The lowest BCUT2D eigenvalue weighted by molar-refractivity contribution is -0.119. The van der Waals surface area contributed by atoms with Crippen LogP contribution in [0.2, 0.25) is 0 Å². The second-order valence-corrected chi connectivity index (χ2v) is 5.39. The number of nitrogens with two attached hydrogens (primary N) is 1. The van der Waals surface area contributed by atoms with Gasteiger partial charge in [-0.25, -0.2) is 15.8 Å². The van der Waals surface area contributed by atoms with E-state index < -0.39 is 0 Å².